The highest BCUT2D eigenvalue weighted by atomic mass is 35.5. The normalized spacial score (nSPS) is 17.6. The first-order valence-electron chi connectivity index (χ1n) is 6.71. The van der Waals surface area contributed by atoms with Gasteiger partial charge in [-0.3, -0.25) is 4.90 Å². The van der Waals surface area contributed by atoms with Crippen LogP contribution < -0.4 is 5.32 Å². The van der Waals surface area contributed by atoms with E-state index in [0.29, 0.717) is 31.7 Å². The van der Waals surface area contributed by atoms with E-state index in [2.05, 4.69) is 5.32 Å². The molecular weight excluding hydrogens is 305 g/mol. The second kappa shape index (κ2) is 7.87. The smallest absolute Gasteiger partial charge is 0.240 e. The number of benzene rings is 1. The molecule has 1 aromatic rings. The van der Waals surface area contributed by atoms with Gasteiger partial charge in [0.05, 0.1) is 0 Å². The number of phenolic OH excluding ortho intramolecular Hbond substituents is 1. The molecule has 0 aromatic heterocycles. The molecule has 1 aromatic carbocycles. The molecule has 0 saturated carbocycles. The van der Waals surface area contributed by atoms with E-state index >= 15 is 0 Å². The summed E-state index contributed by atoms with van der Waals surface area (Å²) in [6.07, 6.45) is -2.91. The summed E-state index contributed by atoms with van der Waals surface area (Å²) < 4.78 is 39.2. The Bertz CT molecular complexity index is 468. The Hall–Kier alpha value is -0.980. The average Bonchev–Trinajstić information content (AvgIpc) is 2.41. The van der Waals surface area contributed by atoms with Crippen LogP contribution in [0.15, 0.2) is 12.1 Å². The van der Waals surface area contributed by atoms with Gasteiger partial charge in [-0.2, -0.15) is 0 Å². The zero-order valence-corrected chi connectivity index (χ0v) is 12.6. The van der Waals surface area contributed by atoms with E-state index in [1.54, 1.807) is 6.92 Å². The summed E-state index contributed by atoms with van der Waals surface area (Å²) in [5.74, 6) is -0.597. The van der Waals surface area contributed by atoms with Crippen LogP contribution in [0.25, 0.3) is 0 Å². The Morgan fingerprint density at radius 3 is 2.48 bits per heavy atom. The van der Waals surface area contributed by atoms with Crippen LogP contribution >= 0.6 is 12.4 Å². The number of aromatic hydroxyl groups is 1. The summed E-state index contributed by atoms with van der Waals surface area (Å²) in [7, 11) is 0. The highest BCUT2D eigenvalue weighted by Gasteiger charge is 2.28. The summed E-state index contributed by atoms with van der Waals surface area (Å²) in [6, 6.07) is 1.71. The standard InChI is InChI=1S/C14H19F3N2O.ClH/c1-9-6-10(15)7-11(14(9)20)12(8-13(16)17)19-4-2-18-3-5-19;/h6-7,12-13,18,20H,2-5,8H2,1H3;1H/t12-;/m1./s1. The van der Waals surface area contributed by atoms with Crippen LogP contribution in [0.4, 0.5) is 13.2 Å². The van der Waals surface area contributed by atoms with Gasteiger partial charge in [-0.1, -0.05) is 0 Å². The number of halogens is 4. The van der Waals surface area contributed by atoms with Gasteiger partial charge in [0.1, 0.15) is 11.6 Å². The van der Waals surface area contributed by atoms with Crippen LogP contribution in [-0.2, 0) is 0 Å². The molecule has 21 heavy (non-hydrogen) atoms. The van der Waals surface area contributed by atoms with E-state index in [1.807, 2.05) is 4.90 Å². The predicted octanol–water partition coefficient (Wildman–Crippen LogP) is 2.86. The van der Waals surface area contributed by atoms with E-state index in [9.17, 15) is 18.3 Å². The van der Waals surface area contributed by atoms with Crippen LogP contribution in [0.3, 0.4) is 0 Å². The van der Waals surface area contributed by atoms with Crippen molar-refractivity contribution in [1.82, 2.24) is 10.2 Å². The summed E-state index contributed by atoms with van der Waals surface area (Å²) in [5, 5.41) is 13.2. The second-order valence-electron chi connectivity index (χ2n) is 5.09. The van der Waals surface area contributed by atoms with E-state index < -0.39 is 24.7 Å². The molecule has 0 spiro atoms. The van der Waals surface area contributed by atoms with Gasteiger partial charge >= 0.3 is 0 Å². The van der Waals surface area contributed by atoms with Gasteiger partial charge in [-0.25, -0.2) is 13.2 Å². The fourth-order valence-electron chi connectivity index (χ4n) is 2.65. The number of phenols is 1. The van der Waals surface area contributed by atoms with E-state index in [4.69, 9.17) is 0 Å². The monoisotopic (exact) mass is 324 g/mol. The van der Waals surface area contributed by atoms with E-state index in [0.717, 1.165) is 6.07 Å². The molecule has 2 N–H and O–H groups in total. The van der Waals surface area contributed by atoms with Crippen LogP contribution in [-0.4, -0.2) is 42.6 Å². The van der Waals surface area contributed by atoms with Crippen LogP contribution in [0.5, 0.6) is 5.75 Å². The lowest BCUT2D eigenvalue weighted by Gasteiger charge is -2.35. The first-order chi connectivity index (χ1) is 9.49. The van der Waals surface area contributed by atoms with Crippen LogP contribution in [0, 0.1) is 12.7 Å². The van der Waals surface area contributed by atoms with Crippen molar-refractivity contribution in [3.8, 4) is 5.75 Å². The van der Waals surface area contributed by atoms with E-state index in [1.165, 1.54) is 6.07 Å². The zero-order valence-electron chi connectivity index (χ0n) is 11.8. The lowest BCUT2D eigenvalue weighted by molar-refractivity contribution is 0.0728. The van der Waals surface area contributed by atoms with E-state index in [-0.39, 0.29) is 23.7 Å². The molecule has 3 nitrogen and oxygen atoms in total. The average molecular weight is 325 g/mol. The molecule has 1 saturated heterocycles. The molecule has 0 unspecified atom stereocenters. The lowest BCUT2D eigenvalue weighted by Crippen LogP contribution is -2.45. The van der Waals surface area contributed by atoms with Crippen molar-refractivity contribution in [2.45, 2.75) is 25.8 Å². The number of hydrogen-bond acceptors (Lipinski definition) is 3. The fraction of sp³-hybridized carbons (Fsp3) is 0.571. The Morgan fingerprint density at radius 1 is 1.29 bits per heavy atom. The van der Waals surface area contributed by atoms with Crippen molar-refractivity contribution in [3.63, 3.8) is 0 Å². The molecule has 1 fully saturated rings. The molecule has 0 amide bonds. The zero-order chi connectivity index (χ0) is 14.7. The Morgan fingerprint density at radius 2 is 1.90 bits per heavy atom. The van der Waals surface area contributed by atoms with Crippen LogP contribution in [0.2, 0.25) is 0 Å². The topological polar surface area (TPSA) is 35.5 Å². The molecule has 1 atom stereocenters. The van der Waals surface area contributed by atoms with Crippen molar-refractivity contribution in [3.05, 3.63) is 29.1 Å². The second-order valence-corrected chi connectivity index (χ2v) is 5.09. The van der Waals surface area contributed by atoms with Gasteiger partial charge in [-0.15, -0.1) is 12.4 Å². The van der Waals surface area contributed by atoms with Crippen LogP contribution in [0.1, 0.15) is 23.6 Å². The SMILES string of the molecule is Cc1cc(F)cc([C@@H](CC(F)F)N2CCNCC2)c1O.Cl. The molecule has 120 valence electrons. The minimum atomic E-state index is -2.50. The third-order valence-electron chi connectivity index (χ3n) is 3.65. The Kier molecular flexibility index (Phi) is 6.77. The van der Waals surface area contributed by atoms with Gasteiger partial charge < -0.3 is 10.4 Å². The maximum absolute atomic E-state index is 13.5. The number of alkyl halides is 2. The van der Waals surface area contributed by atoms with Gasteiger partial charge in [-0.05, 0) is 24.6 Å². The highest BCUT2D eigenvalue weighted by Crippen LogP contribution is 2.35. The third-order valence-corrected chi connectivity index (χ3v) is 3.65. The van der Waals surface area contributed by atoms with Crippen molar-refractivity contribution < 1.29 is 18.3 Å². The Balaban J connectivity index is 0.00000220. The summed E-state index contributed by atoms with van der Waals surface area (Å²) in [4.78, 5) is 1.87. The number of hydrogen-bond donors (Lipinski definition) is 2. The van der Waals surface area contributed by atoms with Crippen molar-refractivity contribution in [2.24, 2.45) is 0 Å². The van der Waals surface area contributed by atoms with Crippen molar-refractivity contribution in [2.75, 3.05) is 26.2 Å². The summed E-state index contributed by atoms with van der Waals surface area (Å²) in [5.41, 5.74) is 0.624. The van der Waals surface area contributed by atoms with Gasteiger partial charge in [0, 0.05) is 44.2 Å². The molecular formula is C14H20ClF3N2O. The first kappa shape index (κ1) is 18.1. The number of aryl methyl sites for hydroxylation is 1. The molecule has 1 aliphatic rings. The molecule has 2 rings (SSSR count). The van der Waals surface area contributed by atoms with Crippen molar-refractivity contribution in [1.29, 1.82) is 0 Å². The number of nitrogens with zero attached hydrogens (tertiary/aromatic N) is 1. The molecule has 1 aliphatic heterocycles. The minimum Gasteiger partial charge on any atom is -0.507 e. The maximum atomic E-state index is 13.5. The third kappa shape index (κ3) is 4.49. The molecule has 0 bridgehead atoms. The minimum absolute atomic E-state index is 0. The molecule has 0 aliphatic carbocycles. The summed E-state index contributed by atoms with van der Waals surface area (Å²) >= 11 is 0. The molecule has 7 heteroatoms. The van der Waals surface area contributed by atoms with Gasteiger partial charge in [0.2, 0.25) is 6.43 Å². The number of rotatable bonds is 4. The van der Waals surface area contributed by atoms with Gasteiger partial charge in [0.15, 0.2) is 0 Å². The highest BCUT2D eigenvalue weighted by molar-refractivity contribution is 5.85. The molecule has 1 heterocycles. The largest absolute Gasteiger partial charge is 0.507 e. The molecule has 0 radical (unpaired) electrons. The number of piperazine rings is 1. The first-order valence-corrected chi connectivity index (χ1v) is 6.71. The quantitative estimate of drug-likeness (QED) is 0.894. The summed E-state index contributed by atoms with van der Waals surface area (Å²) in [6.45, 7) is 4.18. The predicted molar refractivity (Wildman–Crippen MR) is 77.9 cm³/mol. The number of nitrogens with one attached hydrogen (secondary N) is 1. The maximum Gasteiger partial charge on any atom is 0.240 e. The fourth-order valence-corrected chi connectivity index (χ4v) is 2.65. The van der Waals surface area contributed by atoms with Gasteiger partial charge in [0.25, 0.3) is 0 Å². The lowest BCUT2D eigenvalue weighted by atomic mass is 9.97. The Labute approximate surface area is 128 Å². The van der Waals surface area contributed by atoms with Crippen molar-refractivity contribution >= 4 is 12.4 Å².